The highest BCUT2D eigenvalue weighted by molar-refractivity contribution is 6.30. The molecular formula is C17H22ClNO4. The van der Waals surface area contributed by atoms with Crippen molar-refractivity contribution in [1.82, 2.24) is 5.32 Å². The van der Waals surface area contributed by atoms with Gasteiger partial charge < -0.3 is 15.2 Å². The number of aliphatic carboxylic acids is 1. The fourth-order valence-corrected chi connectivity index (χ4v) is 3.10. The number of ether oxygens (including phenoxy) is 1. The Morgan fingerprint density at radius 3 is 2.70 bits per heavy atom. The molecule has 126 valence electrons. The molecule has 1 fully saturated rings. The van der Waals surface area contributed by atoms with E-state index in [0.717, 1.165) is 5.56 Å². The quantitative estimate of drug-likeness (QED) is 0.835. The van der Waals surface area contributed by atoms with Gasteiger partial charge >= 0.3 is 5.97 Å². The van der Waals surface area contributed by atoms with Crippen molar-refractivity contribution in [2.75, 3.05) is 19.8 Å². The van der Waals surface area contributed by atoms with Gasteiger partial charge in [-0.25, -0.2) is 0 Å². The number of rotatable bonds is 6. The number of hydrogen-bond acceptors (Lipinski definition) is 3. The number of nitrogens with one attached hydrogen (secondary N) is 1. The van der Waals surface area contributed by atoms with Crippen molar-refractivity contribution < 1.29 is 19.4 Å². The molecule has 1 unspecified atom stereocenters. The first kappa shape index (κ1) is 17.8. The second-order valence-electron chi connectivity index (χ2n) is 6.18. The number of hydrogen-bond donors (Lipinski definition) is 2. The zero-order chi connectivity index (χ0) is 16.9. The number of benzene rings is 1. The SMILES string of the molecule is CC(C(=O)NCC1(CC(=O)O)CCOCC1)c1cccc(Cl)c1. The maximum Gasteiger partial charge on any atom is 0.303 e. The van der Waals surface area contributed by atoms with Crippen LogP contribution in [0.1, 0.15) is 37.7 Å². The molecule has 1 aromatic carbocycles. The van der Waals surface area contributed by atoms with Crippen LogP contribution in [0.5, 0.6) is 0 Å². The fourth-order valence-electron chi connectivity index (χ4n) is 2.90. The zero-order valence-corrected chi connectivity index (χ0v) is 13.9. The lowest BCUT2D eigenvalue weighted by Gasteiger charge is -2.36. The van der Waals surface area contributed by atoms with Crippen LogP contribution < -0.4 is 5.32 Å². The van der Waals surface area contributed by atoms with Gasteiger partial charge in [0.05, 0.1) is 12.3 Å². The van der Waals surface area contributed by atoms with Crippen molar-refractivity contribution in [3.8, 4) is 0 Å². The molecule has 1 aliphatic rings. The standard InChI is InChI=1S/C17H22ClNO4/c1-12(13-3-2-4-14(18)9-13)16(22)19-11-17(10-15(20)21)5-7-23-8-6-17/h2-4,9,12H,5-8,10-11H2,1H3,(H,19,22)(H,20,21). The summed E-state index contributed by atoms with van der Waals surface area (Å²) in [5.74, 6) is -1.30. The number of carbonyl (C=O) groups excluding carboxylic acids is 1. The zero-order valence-electron chi connectivity index (χ0n) is 13.2. The molecule has 0 spiro atoms. The Morgan fingerprint density at radius 2 is 2.09 bits per heavy atom. The summed E-state index contributed by atoms with van der Waals surface area (Å²) in [6.45, 7) is 3.24. The lowest BCUT2D eigenvalue weighted by atomic mass is 9.77. The number of carbonyl (C=O) groups is 2. The third-order valence-corrected chi connectivity index (χ3v) is 4.69. The Bertz CT molecular complexity index is 569. The van der Waals surface area contributed by atoms with Crippen molar-refractivity contribution in [2.24, 2.45) is 5.41 Å². The van der Waals surface area contributed by atoms with Crippen LogP contribution in [-0.4, -0.2) is 36.7 Å². The molecule has 1 saturated heterocycles. The van der Waals surface area contributed by atoms with Gasteiger partial charge in [0.15, 0.2) is 0 Å². The van der Waals surface area contributed by atoms with Gasteiger partial charge in [-0.2, -0.15) is 0 Å². The van der Waals surface area contributed by atoms with E-state index in [2.05, 4.69) is 5.32 Å². The first-order valence-corrected chi connectivity index (χ1v) is 8.12. The van der Waals surface area contributed by atoms with E-state index in [-0.39, 0.29) is 18.2 Å². The van der Waals surface area contributed by atoms with Gasteiger partial charge in [0.2, 0.25) is 5.91 Å². The smallest absolute Gasteiger partial charge is 0.303 e. The summed E-state index contributed by atoms with van der Waals surface area (Å²) < 4.78 is 5.32. The van der Waals surface area contributed by atoms with Crippen LogP contribution in [0, 0.1) is 5.41 Å². The van der Waals surface area contributed by atoms with Crippen molar-refractivity contribution in [1.29, 1.82) is 0 Å². The van der Waals surface area contributed by atoms with E-state index in [4.69, 9.17) is 21.4 Å². The van der Waals surface area contributed by atoms with Gasteiger partial charge in [-0.3, -0.25) is 9.59 Å². The van der Waals surface area contributed by atoms with Crippen LogP contribution in [0.4, 0.5) is 0 Å². The Kier molecular flexibility index (Phi) is 6.02. The minimum absolute atomic E-state index is 0.0438. The van der Waals surface area contributed by atoms with Gasteiger partial charge in [0, 0.05) is 30.2 Å². The summed E-state index contributed by atoms with van der Waals surface area (Å²) in [5, 5.41) is 12.7. The summed E-state index contributed by atoms with van der Waals surface area (Å²) in [5.41, 5.74) is 0.419. The van der Waals surface area contributed by atoms with E-state index in [1.54, 1.807) is 12.1 Å². The van der Waals surface area contributed by atoms with Crippen molar-refractivity contribution in [3.63, 3.8) is 0 Å². The molecule has 0 aliphatic carbocycles. The Balaban J connectivity index is 1.99. The highest BCUT2D eigenvalue weighted by Gasteiger charge is 2.35. The van der Waals surface area contributed by atoms with E-state index in [1.807, 2.05) is 19.1 Å². The molecule has 2 N–H and O–H groups in total. The van der Waals surface area contributed by atoms with Gasteiger partial charge in [-0.15, -0.1) is 0 Å². The van der Waals surface area contributed by atoms with Crippen LogP contribution in [0.25, 0.3) is 0 Å². The molecule has 0 bridgehead atoms. The highest BCUT2D eigenvalue weighted by Crippen LogP contribution is 2.33. The average molecular weight is 340 g/mol. The Morgan fingerprint density at radius 1 is 1.39 bits per heavy atom. The molecule has 2 rings (SSSR count). The molecule has 1 aromatic rings. The van der Waals surface area contributed by atoms with Gasteiger partial charge in [-0.05, 0) is 37.5 Å². The van der Waals surface area contributed by atoms with Crippen molar-refractivity contribution in [2.45, 2.75) is 32.1 Å². The first-order valence-electron chi connectivity index (χ1n) is 7.75. The van der Waals surface area contributed by atoms with E-state index >= 15 is 0 Å². The van der Waals surface area contributed by atoms with Crippen LogP contribution >= 0.6 is 11.6 Å². The molecule has 23 heavy (non-hydrogen) atoms. The van der Waals surface area contributed by atoms with Gasteiger partial charge in [0.1, 0.15) is 0 Å². The lowest BCUT2D eigenvalue weighted by Crippen LogP contribution is -2.43. The van der Waals surface area contributed by atoms with Crippen LogP contribution in [0.15, 0.2) is 24.3 Å². The van der Waals surface area contributed by atoms with E-state index in [0.29, 0.717) is 37.6 Å². The number of carboxylic acids is 1. The number of carboxylic acid groups (broad SMARTS) is 1. The number of halogens is 1. The monoisotopic (exact) mass is 339 g/mol. The van der Waals surface area contributed by atoms with Crippen LogP contribution in [0.3, 0.4) is 0 Å². The topological polar surface area (TPSA) is 75.6 Å². The minimum atomic E-state index is -0.843. The Hall–Kier alpha value is -1.59. The summed E-state index contributed by atoms with van der Waals surface area (Å²) in [6.07, 6.45) is 1.33. The molecule has 1 aliphatic heterocycles. The predicted molar refractivity (Wildman–Crippen MR) is 87.6 cm³/mol. The number of amides is 1. The largest absolute Gasteiger partial charge is 0.481 e. The first-order chi connectivity index (χ1) is 10.9. The summed E-state index contributed by atoms with van der Waals surface area (Å²) in [4.78, 5) is 23.5. The highest BCUT2D eigenvalue weighted by atomic mass is 35.5. The summed E-state index contributed by atoms with van der Waals surface area (Å²) >= 11 is 5.96. The molecule has 6 heteroatoms. The predicted octanol–water partition coefficient (Wildman–Crippen LogP) is 2.83. The van der Waals surface area contributed by atoms with E-state index in [1.165, 1.54) is 0 Å². The Labute approximate surface area is 141 Å². The lowest BCUT2D eigenvalue weighted by molar-refractivity contribution is -0.142. The maximum atomic E-state index is 12.4. The molecular weight excluding hydrogens is 318 g/mol. The molecule has 1 heterocycles. The maximum absolute atomic E-state index is 12.4. The second-order valence-corrected chi connectivity index (χ2v) is 6.61. The molecule has 0 saturated carbocycles. The summed E-state index contributed by atoms with van der Waals surface area (Å²) in [7, 11) is 0. The molecule has 0 radical (unpaired) electrons. The summed E-state index contributed by atoms with van der Waals surface area (Å²) in [6, 6.07) is 7.20. The molecule has 1 atom stereocenters. The van der Waals surface area contributed by atoms with E-state index < -0.39 is 11.4 Å². The van der Waals surface area contributed by atoms with Crippen LogP contribution in [-0.2, 0) is 14.3 Å². The fraction of sp³-hybridized carbons (Fsp3) is 0.529. The molecule has 0 aromatic heterocycles. The van der Waals surface area contributed by atoms with E-state index in [9.17, 15) is 9.59 Å². The second kappa shape index (κ2) is 7.79. The molecule has 1 amide bonds. The average Bonchev–Trinajstić information content (AvgIpc) is 2.52. The molecule has 5 nitrogen and oxygen atoms in total. The minimum Gasteiger partial charge on any atom is -0.481 e. The van der Waals surface area contributed by atoms with Crippen molar-refractivity contribution in [3.05, 3.63) is 34.9 Å². The van der Waals surface area contributed by atoms with Crippen molar-refractivity contribution >= 4 is 23.5 Å². The third kappa shape index (κ3) is 4.94. The van der Waals surface area contributed by atoms with Gasteiger partial charge in [0.25, 0.3) is 0 Å². The normalized spacial score (nSPS) is 18.2. The van der Waals surface area contributed by atoms with Gasteiger partial charge in [-0.1, -0.05) is 23.7 Å². The third-order valence-electron chi connectivity index (χ3n) is 4.46. The van der Waals surface area contributed by atoms with Crippen LogP contribution in [0.2, 0.25) is 5.02 Å².